The van der Waals surface area contributed by atoms with Gasteiger partial charge < -0.3 is 10.5 Å². The number of aromatic nitrogens is 1. The predicted molar refractivity (Wildman–Crippen MR) is 70.9 cm³/mol. The summed E-state index contributed by atoms with van der Waals surface area (Å²) in [7, 11) is -1.92. The molecule has 19 heavy (non-hydrogen) atoms. The Bertz CT molecular complexity index is 512. The minimum atomic E-state index is -3.49. The Labute approximate surface area is 113 Å². The van der Waals surface area contributed by atoms with Gasteiger partial charge >= 0.3 is 0 Å². The largest absolute Gasteiger partial charge is 0.383 e. The van der Waals surface area contributed by atoms with E-state index in [9.17, 15) is 8.42 Å². The third kappa shape index (κ3) is 3.30. The van der Waals surface area contributed by atoms with Crippen molar-refractivity contribution in [1.82, 2.24) is 9.29 Å². The Balaban J connectivity index is 2.22. The fraction of sp³-hybridized carbons (Fsp3) is 0.583. The molecule has 6 nitrogen and oxygen atoms in total. The van der Waals surface area contributed by atoms with Gasteiger partial charge in [-0.05, 0) is 25.0 Å². The normalized spacial score (nSPS) is 15.9. The van der Waals surface area contributed by atoms with E-state index in [0.717, 1.165) is 12.8 Å². The third-order valence-electron chi connectivity index (χ3n) is 3.08. The van der Waals surface area contributed by atoms with Gasteiger partial charge in [0, 0.05) is 32.4 Å². The molecule has 106 valence electrons. The van der Waals surface area contributed by atoms with Crippen LogP contribution in [0.5, 0.6) is 0 Å². The lowest BCUT2D eigenvalue weighted by Crippen LogP contribution is -2.35. The molecule has 1 aliphatic rings. The zero-order chi connectivity index (χ0) is 13.9. The Kier molecular flexibility index (Phi) is 4.51. The van der Waals surface area contributed by atoms with Crippen LogP contribution in [-0.4, -0.2) is 44.0 Å². The zero-order valence-corrected chi connectivity index (χ0v) is 11.8. The average molecular weight is 285 g/mol. The SMILES string of the molecule is COCCN(C1CC1)S(=O)(=O)c1ccc(CN)nc1. The van der Waals surface area contributed by atoms with Gasteiger partial charge in [0.2, 0.25) is 10.0 Å². The van der Waals surface area contributed by atoms with Crippen LogP contribution in [0.3, 0.4) is 0 Å². The van der Waals surface area contributed by atoms with E-state index in [1.807, 2.05) is 0 Å². The van der Waals surface area contributed by atoms with E-state index in [0.29, 0.717) is 25.4 Å². The summed E-state index contributed by atoms with van der Waals surface area (Å²) in [6, 6.07) is 3.32. The Morgan fingerprint density at radius 1 is 1.47 bits per heavy atom. The van der Waals surface area contributed by atoms with Crippen LogP contribution in [0.4, 0.5) is 0 Å². The molecule has 2 N–H and O–H groups in total. The first kappa shape index (κ1) is 14.4. The lowest BCUT2D eigenvalue weighted by Gasteiger charge is -2.21. The molecule has 0 spiro atoms. The molecule has 7 heteroatoms. The minimum Gasteiger partial charge on any atom is -0.383 e. The highest BCUT2D eigenvalue weighted by Crippen LogP contribution is 2.31. The average Bonchev–Trinajstić information content (AvgIpc) is 3.23. The lowest BCUT2D eigenvalue weighted by molar-refractivity contribution is 0.177. The van der Waals surface area contributed by atoms with Crippen molar-refractivity contribution in [3.8, 4) is 0 Å². The minimum absolute atomic E-state index is 0.106. The van der Waals surface area contributed by atoms with E-state index < -0.39 is 10.0 Å². The maximum absolute atomic E-state index is 12.5. The number of hydrogen-bond donors (Lipinski definition) is 1. The van der Waals surface area contributed by atoms with E-state index >= 15 is 0 Å². The molecular weight excluding hydrogens is 266 g/mol. The van der Waals surface area contributed by atoms with E-state index in [1.54, 1.807) is 19.2 Å². The molecule has 0 radical (unpaired) electrons. The van der Waals surface area contributed by atoms with E-state index in [4.69, 9.17) is 10.5 Å². The Morgan fingerprint density at radius 3 is 2.68 bits per heavy atom. The molecule has 0 bridgehead atoms. The standard InChI is InChI=1S/C12H19N3O3S/c1-18-7-6-15(11-3-4-11)19(16,17)12-5-2-10(8-13)14-9-12/h2,5,9,11H,3-4,6-8,13H2,1H3. The summed E-state index contributed by atoms with van der Waals surface area (Å²) in [4.78, 5) is 4.26. The van der Waals surface area contributed by atoms with Gasteiger partial charge in [0.05, 0.1) is 12.3 Å². The lowest BCUT2D eigenvalue weighted by atomic mass is 10.4. The number of ether oxygens (including phenoxy) is 1. The molecule has 1 aromatic heterocycles. The van der Waals surface area contributed by atoms with Gasteiger partial charge in [-0.3, -0.25) is 4.98 Å². The molecule has 0 saturated heterocycles. The molecule has 0 aliphatic heterocycles. The first-order chi connectivity index (χ1) is 9.09. The number of rotatable bonds is 7. The zero-order valence-electron chi connectivity index (χ0n) is 10.9. The van der Waals surface area contributed by atoms with Gasteiger partial charge in [0.25, 0.3) is 0 Å². The summed E-state index contributed by atoms with van der Waals surface area (Å²) >= 11 is 0. The molecule has 1 fully saturated rings. The van der Waals surface area contributed by atoms with Crippen molar-refractivity contribution in [3.63, 3.8) is 0 Å². The van der Waals surface area contributed by atoms with Crippen LogP contribution in [0.15, 0.2) is 23.2 Å². The van der Waals surface area contributed by atoms with Crippen molar-refractivity contribution in [3.05, 3.63) is 24.0 Å². The van der Waals surface area contributed by atoms with Crippen molar-refractivity contribution in [1.29, 1.82) is 0 Å². The second kappa shape index (κ2) is 5.96. The summed E-state index contributed by atoms with van der Waals surface area (Å²) in [6.45, 7) is 1.07. The van der Waals surface area contributed by atoms with Gasteiger partial charge in [0.15, 0.2) is 0 Å². The number of sulfonamides is 1. The van der Waals surface area contributed by atoms with Gasteiger partial charge in [-0.25, -0.2) is 8.42 Å². The third-order valence-corrected chi connectivity index (χ3v) is 5.02. The van der Waals surface area contributed by atoms with Crippen LogP contribution in [0.25, 0.3) is 0 Å². The molecular formula is C12H19N3O3S. The van der Waals surface area contributed by atoms with Crippen LogP contribution in [0, 0.1) is 0 Å². The number of hydrogen-bond acceptors (Lipinski definition) is 5. The molecule has 0 atom stereocenters. The van der Waals surface area contributed by atoms with E-state index in [2.05, 4.69) is 4.98 Å². The first-order valence-corrected chi connectivity index (χ1v) is 7.69. The summed E-state index contributed by atoms with van der Waals surface area (Å²) in [5.41, 5.74) is 6.13. The van der Waals surface area contributed by atoms with E-state index in [-0.39, 0.29) is 10.9 Å². The van der Waals surface area contributed by atoms with Crippen LogP contribution in [0.1, 0.15) is 18.5 Å². The number of pyridine rings is 1. The van der Waals surface area contributed by atoms with Gasteiger partial charge in [-0.1, -0.05) is 0 Å². The van der Waals surface area contributed by atoms with Crippen LogP contribution >= 0.6 is 0 Å². The second-order valence-corrected chi connectivity index (χ2v) is 6.42. The predicted octanol–water partition coefficient (Wildman–Crippen LogP) is 0.340. The molecule has 2 rings (SSSR count). The molecule has 1 aliphatic carbocycles. The molecule has 0 amide bonds. The molecule has 1 heterocycles. The van der Waals surface area contributed by atoms with Crippen molar-refractivity contribution in [2.45, 2.75) is 30.3 Å². The summed E-state index contributed by atoms with van der Waals surface area (Å²) in [5, 5.41) is 0. The van der Waals surface area contributed by atoms with Gasteiger partial charge in [-0.2, -0.15) is 4.31 Å². The Hall–Kier alpha value is -1.02. The quantitative estimate of drug-likeness (QED) is 0.781. The highest BCUT2D eigenvalue weighted by molar-refractivity contribution is 7.89. The van der Waals surface area contributed by atoms with Crippen LogP contribution in [-0.2, 0) is 21.3 Å². The maximum atomic E-state index is 12.5. The summed E-state index contributed by atoms with van der Waals surface area (Å²) in [6.07, 6.45) is 3.20. The smallest absolute Gasteiger partial charge is 0.244 e. The molecule has 0 unspecified atom stereocenters. The highest BCUT2D eigenvalue weighted by Gasteiger charge is 2.37. The summed E-state index contributed by atoms with van der Waals surface area (Å²) < 4.78 is 31.5. The molecule has 1 saturated carbocycles. The van der Waals surface area contributed by atoms with Crippen LogP contribution in [0.2, 0.25) is 0 Å². The van der Waals surface area contributed by atoms with Crippen LogP contribution < -0.4 is 5.73 Å². The number of methoxy groups -OCH3 is 1. The van der Waals surface area contributed by atoms with Crippen molar-refractivity contribution >= 4 is 10.0 Å². The number of nitrogens with zero attached hydrogens (tertiary/aromatic N) is 2. The van der Waals surface area contributed by atoms with E-state index in [1.165, 1.54) is 10.5 Å². The maximum Gasteiger partial charge on any atom is 0.244 e. The summed E-state index contributed by atoms with van der Waals surface area (Å²) in [5.74, 6) is 0. The van der Waals surface area contributed by atoms with Gasteiger partial charge in [-0.15, -0.1) is 0 Å². The Morgan fingerprint density at radius 2 is 2.21 bits per heavy atom. The second-order valence-electron chi connectivity index (χ2n) is 4.53. The van der Waals surface area contributed by atoms with Crippen molar-refractivity contribution in [2.75, 3.05) is 20.3 Å². The molecule has 0 aromatic carbocycles. The topological polar surface area (TPSA) is 85.5 Å². The fourth-order valence-corrected chi connectivity index (χ4v) is 3.48. The van der Waals surface area contributed by atoms with Crippen molar-refractivity contribution < 1.29 is 13.2 Å². The van der Waals surface area contributed by atoms with Gasteiger partial charge in [0.1, 0.15) is 4.90 Å². The first-order valence-electron chi connectivity index (χ1n) is 6.25. The highest BCUT2D eigenvalue weighted by atomic mass is 32.2. The monoisotopic (exact) mass is 285 g/mol. The fourth-order valence-electron chi connectivity index (χ4n) is 1.86. The molecule has 1 aromatic rings. The number of nitrogens with two attached hydrogens (primary N) is 1. The van der Waals surface area contributed by atoms with Crippen molar-refractivity contribution in [2.24, 2.45) is 5.73 Å².